The molecule has 0 amide bonds. The van der Waals surface area contributed by atoms with Crippen molar-refractivity contribution in [1.82, 2.24) is 4.98 Å². The van der Waals surface area contributed by atoms with Crippen molar-refractivity contribution in [3.05, 3.63) is 23.9 Å². The molecule has 0 saturated carbocycles. The highest BCUT2D eigenvalue weighted by Gasteiger charge is 2.17. The highest BCUT2D eigenvalue weighted by atomic mass is 16.5. The topological polar surface area (TPSA) is 42.4 Å². The summed E-state index contributed by atoms with van der Waals surface area (Å²) in [6.07, 6.45) is 6.64. The fraction of sp³-hybridized carbons (Fsp3) is 0.600. The highest BCUT2D eigenvalue weighted by Crippen LogP contribution is 2.23. The monoisotopic (exact) mass is 262 g/mol. The second-order valence-electron chi connectivity index (χ2n) is 5.09. The molecule has 1 aromatic rings. The van der Waals surface area contributed by atoms with Crippen LogP contribution in [0.2, 0.25) is 0 Å². The minimum atomic E-state index is -0.301. The number of ether oxygens (including phenoxy) is 1. The van der Waals surface area contributed by atoms with Gasteiger partial charge in [-0.05, 0) is 37.3 Å². The fourth-order valence-corrected chi connectivity index (χ4v) is 2.64. The van der Waals surface area contributed by atoms with Gasteiger partial charge in [0.25, 0.3) is 0 Å². The van der Waals surface area contributed by atoms with Crippen LogP contribution in [-0.4, -0.2) is 31.2 Å². The van der Waals surface area contributed by atoms with Gasteiger partial charge in [-0.25, -0.2) is 9.78 Å². The average molecular weight is 262 g/mol. The van der Waals surface area contributed by atoms with Crippen LogP contribution < -0.4 is 4.90 Å². The van der Waals surface area contributed by atoms with Crippen molar-refractivity contribution >= 4 is 11.8 Å². The zero-order valence-electron chi connectivity index (χ0n) is 11.8. The number of pyridine rings is 1. The molecule has 19 heavy (non-hydrogen) atoms. The van der Waals surface area contributed by atoms with E-state index in [1.807, 2.05) is 6.07 Å². The molecule has 0 spiro atoms. The van der Waals surface area contributed by atoms with E-state index < -0.39 is 0 Å². The number of methoxy groups -OCH3 is 1. The van der Waals surface area contributed by atoms with E-state index in [4.69, 9.17) is 4.74 Å². The van der Waals surface area contributed by atoms with Gasteiger partial charge in [-0.1, -0.05) is 13.3 Å². The third kappa shape index (κ3) is 3.46. The Labute approximate surface area is 114 Å². The molecule has 4 nitrogen and oxygen atoms in total. The first-order valence-electron chi connectivity index (χ1n) is 7.04. The predicted octanol–water partition coefficient (Wildman–Crippen LogP) is 2.88. The van der Waals surface area contributed by atoms with Gasteiger partial charge in [0.05, 0.1) is 12.7 Å². The number of anilines is 1. The van der Waals surface area contributed by atoms with Crippen LogP contribution >= 0.6 is 0 Å². The molecule has 2 rings (SSSR count). The van der Waals surface area contributed by atoms with Crippen LogP contribution in [0.5, 0.6) is 0 Å². The number of carbonyl (C=O) groups is 1. The van der Waals surface area contributed by atoms with Crippen LogP contribution in [0.1, 0.15) is 43.0 Å². The Hall–Kier alpha value is -1.58. The van der Waals surface area contributed by atoms with Gasteiger partial charge in [0.1, 0.15) is 5.82 Å². The maximum absolute atomic E-state index is 11.5. The van der Waals surface area contributed by atoms with Gasteiger partial charge in [0.15, 0.2) is 0 Å². The molecule has 1 atom stereocenters. The summed E-state index contributed by atoms with van der Waals surface area (Å²) in [7, 11) is 1.40. The molecule has 0 bridgehead atoms. The number of esters is 1. The number of nitrogens with zero attached hydrogens (tertiary/aromatic N) is 2. The Balaban J connectivity index is 2.10. The van der Waals surface area contributed by atoms with Crippen LogP contribution in [-0.2, 0) is 4.74 Å². The normalized spacial score (nSPS) is 19.9. The second kappa shape index (κ2) is 6.55. The molecule has 2 heterocycles. The summed E-state index contributed by atoms with van der Waals surface area (Å²) < 4.78 is 4.75. The first-order chi connectivity index (χ1) is 9.24. The second-order valence-corrected chi connectivity index (χ2v) is 5.09. The number of hydrogen-bond acceptors (Lipinski definition) is 4. The molecule has 4 heteroatoms. The summed E-state index contributed by atoms with van der Waals surface area (Å²) in [4.78, 5) is 18.2. The quantitative estimate of drug-likeness (QED) is 0.786. The lowest BCUT2D eigenvalue weighted by Gasteiger charge is -2.21. The van der Waals surface area contributed by atoms with Crippen molar-refractivity contribution in [2.75, 3.05) is 25.1 Å². The van der Waals surface area contributed by atoms with Crippen molar-refractivity contribution < 1.29 is 9.53 Å². The van der Waals surface area contributed by atoms with Gasteiger partial charge >= 0.3 is 5.97 Å². The Bertz CT molecular complexity index is 434. The van der Waals surface area contributed by atoms with E-state index in [1.54, 1.807) is 12.3 Å². The number of aromatic nitrogens is 1. The Kier molecular flexibility index (Phi) is 4.77. The number of rotatable bonds is 3. The van der Waals surface area contributed by atoms with E-state index >= 15 is 0 Å². The summed E-state index contributed by atoms with van der Waals surface area (Å²) in [5, 5.41) is 0. The first kappa shape index (κ1) is 13.8. The van der Waals surface area contributed by atoms with Crippen molar-refractivity contribution in [3.63, 3.8) is 0 Å². The molecule has 0 radical (unpaired) electrons. The van der Waals surface area contributed by atoms with Crippen molar-refractivity contribution in [1.29, 1.82) is 0 Å². The van der Waals surface area contributed by atoms with E-state index in [0.717, 1.165) is 24.8 Å². The molecular weight excluding hydrogens is 240 g/mol. The molecule has 1 aliphatic heterocycles. The molecule has 104 valence electrons. The van der Waals surface area contributed by atoms with Gasteiger partial charge in [0.2, 0.25) is 0 Å². The largest absolute Gasteiger partial charge is 0.465 e. The van der Waals surface area contributed by atoms with Crippen molar-refractivity contribution in [2.45, 2.75) is 32.6 Å². The minimum absolute atomic E-state index is 0.301. The third-order valence-electron chi connectivity index (χ3n) is 3.92. The fourth-order valence-electron chi connectivity index (χ4n) is 2.64. The summed E-state index contributed by atoms with van der Waals surface area (Å²) >= 11 is 0. The van der Waals surface area contributed by atoms with E-state index in [0.29, 0.717) is 5.56 Å². The lowest BCUT2D eigenvalue weighted by Crippen LogP contribution is -2.25. The molecule has 1 unspecified atom stereocenters. The van der Waals surface area contributed by atoms with Crippen LogP contribution in [0.25, 0.3) is 0 Å². The summed E-state index contributed by atoms with van der Waals surface area (Å²) in [5.74, 6) is 1.42. The van der Waals surface area contributed by atoms with E-state index in [1.165, 1.54) is 32.8 Å². The summed E-state index contributed by atoms with van der Waals surface area (Å²) in [6.45, 7) is 4.31. The predicted molar refractivity (Wildman–Crippen MR) is 75.4 cm³/mol. The maximum Gasteiger partial charge on any atom is 0.338 e. The van der Waals surface area contributed by atoms with Crippen molar-refractivity contribution in [2.24, 2.45) is 5.92 Å². The van der Waals surface area contributed by atoms with Crippen LogP contribution in [0.15, 0.2) is 18.3 Å². The zero-order chi connectivity index (χ0) is 13.7. The van der Waals surface area contributed by atoms with Gasteiger partial charge in [-0.15, -0.1) is 0 Å². The maximum atomic E-state index is 11.5. The lowest BCUT2D eigenvalue weighted by molar-refractivity contribution is 0.0600. The summed E-state index contributed by atoms with van der Waals surface area (Å²) in [5.41, 5.74) is 0.573. The average Bonchev–Trinajstić information content (AvgIpc) is 2.72. The van der Waals surface area contributed by atoms with Crippen molar-refractivity contribution in [3.8, 4) is 0 Å². The molecule has 0 aromatic carbocycles. The van der Waals surface area contributed by atoms with E-state index in [2.05, 4.69) is 16.8 Å². The third-order valence-corrected chi connectivity index (χ3v) is 3.92. The van der Waals surface area contributed by atoms with Crippen LogP contribution in [0.3, 0.4) is 0 Å². The van der Waals surface area contributed by atoms with E-state index in [9.17, 15) is 4.79 Å². The van der Waals surface area contributed by atoms with Gasteiger partial charge < -0.3 is 9.64 Å². The Morgan fingerprint density at radius 1 is 1.47 bits per heavy atom. The van der Waals surface area contributed by atoms with E-state index in [-0.39, 0.29) is 5.97 Å². The number of carbonyl (C=O) groups excluding carboxylic acids is 1. The minimum Gasteiger partial charge on any atom is -0.465 e. The molecule has 0 aliphatic carbocycles. The van der Waals surface area contributed by atoms with Crippen LogP contribution in [0, 0.1) is 5.92 Å². The smallest absolute Gasteiger partial charge is 0.338 e. The SMILES string of the molecule is CCC1CCCN(c2cc(C(=O)OC)ccn2)CC1. The highest BCUT2D eigenvalue weighted by molar-refractivity contribution is 5.90. The summed E-state index contributed by atoms with van der Waals surface area (Å²) in [6, 6.07) is 3.53. The standard InChI is InChI=1S/C15H22N2O2/c1-3-12-5-4-9-17(10-7-12)14-11-13(6-8-16-14)15(18)19-2/h6,8,11-12H,3-5,7,9-10H2,1-2H3. The molecular formula is C15H22N2O2. The lowest BCUT2D eigenvalue weighted by atomic mass is 9.98. The molecule has 0 N–H and O–H groups in total. The molecule has 1 saturated heterocycles. The van der Waals surface area contributed by atoms with Gasteiger partial charge in [0, 0.05) is 19.3 Å². The molecule has 1 aromatic heterocycles. The Morgan fingerprint density at radius 2 is 2.32 bits per heavy atom. The number of hydrogen-bond donors (Lipinski definition) is 0. The molecule has 1 fully saturated rings. The molecule has 1 aliphatic rings. The first-order valence-corrected chi connectivity index (χ1v) is 7.04. The Morgan fingerprint density at radius 3 is 3.05 bits per heavy atom. The van der Waals surface area contributed by atoms with Crippen LogP contribution in [0.4, 0.5) is 5.82 Å². The van der Waals surface area contributed by atoms with Gasteiger partial charge in [-0.3, -0.25) is 0 Å². The zero-order valence-corrected chi connectivity index (χ0v) is 11.8. The van der Waals surface area contributed by atoms with Gasteiger partial charge in [-0.2, -0.15) is 0 Å².